The van der Waals surface area contributed by atoms with E-state index in [2.05, 4.69) is 22.5 Å². The molecule has 2 aromatic rings. The van der Waals surface area contributed by atoms with E-state index in [0.717, 1.165) is 36.5 Å². The van der Waals surface area contributed by atoms with Gasteiger partial charge in [-0.25, -0.2) is 9.59 Å². The number of hydrogen-bond donors (Lipinski definition) is 5. The summed E-state index contributed by atoms with van der Waals surface area (Å²) in [6.07, 6.45) is -4.43. The average Bonchev–Trinajstić information content (AvgIpc) is 3.11. The summed E-state index contributed by atoms with van der Waals surface area (Å²) in [5.74, 6) is -4.22. The molecule has 1 aromatic carbocycles. The Balaban J connectivity index is 0.000000540. The summed E-state index contributed by atoms with van der Waals surface area (Å²) in [7, 11) is 0. The van der Waals surface area contributed by atoms with Crippen LogP contribution in [-0.2, 0) is 29.0 Å². The fraction of sp³-hybridized carbons (Fsp3) is 0.333. The van der Waals surface area contributed by atoms with Crippen molar-refractivity contribution in [3.05, 3.63) is 45.8 Å². The molecule has 14 heteroatoms. The zero-order valence-electron chi connectivity index (χ0n) is 18.4. The summed E-state index contributed by atoms with van der Waals surface area (Å²) < 4.78 is 31.7. The Labute approximate surface area is 201 Å². The Bertz CT molecular complexity index is 1100. The van der Waals surface area contributed by atoms with Gasteiger partial charge in [-0.05, 0) is 36.2 Å². The number of primary amides is 1. The number of nitrogens with zero attached hydrogens (tertiary/aromatic N) is 1. The number of carboxylic acids is 2. The van der Waals surface area contributed by atoms with Crippen molar-refractivity contribution < 1.29 is 42.6 Å². The number of nitrogens with two attached hydrogens (primary N) is 1. The number of halogens is 3. The molecule has 3 amide bonds. The van der Waals surface area contributed by atoms with Crippen molar-refractivity contribution in [2.45, 2.75) is 32.5 Å². The lowest BCUT2D eigenvalue weighted by Crippen LogP contribution is -2.30. The maximum atomic E-state index is 12.4. The molecule has 0 saturated carbocycles. The minimum atomic E-state index is -5.08. The third kappa shape index (κ3) is 7.96. The van der Waals surface area contributed by atoms with Crippen LogP contribution < -0.4 is 16.4 Å². The van der Waals surface area contributed by atoms with Gasteiger partial charge >= 0.3 is 24.1 Å². The average molecular weight is 516 g/mol. The van der Waals surface area contributed by atoms with Crippen LogP contribution in [0.2, 0.25) is 0 Å². The molecule has 2 heterocycles. The molecular formula is C21H23F3N4O6S. The second-order valence-corrected chi connectivity index (χ2v) is 8.45. The first-order chi connectivity index (χ1) is 16.3. The number of urea groups is 1. The zero-order valence-corrected chi connectivity index (χ0v) is 19.3. The molecular weight excluding hydrogens is 493 g/mol. The molecule has 0 fully saturated rings. The molecule has 35 heavy (non-hydrogen) atoms. The second-order valence-electron chi connectivity index (χ2n) is 7.34. The number of hydrogen-bond acceptors (Lipinski definition) is 6. The molecule has 3 rings (SSSR count). The van der Waals surface area contributed by atoms with E-state index in [0.29, 0.717) is 21.8 Å². The van der Waals surface area contributed by atoms with E-state index in [9.17, 15) is 27.6 Å². The molecule has 0 unspecified atom stereocenters. The highest BCUT2D eigenvalue weighted by Gasteiger charge is 2.38. The molecule has 1 aromatic heterocycles. The largest absolute Gasteiger partial charge is 0.490 e. The van der Waals surface area contributed by atoms with Crippen molar-refractivity contribution >= 4 is 45.9 Å². The topological polar surface area (TPSA) is 162 Å². The third-order valence-electron chi connectivity index (χ3n) is 4.87. The van der Waals surface area contributed by atoms with Crippen molar-refractivity contribution in [2.24, 2.45) is 5.73 Å². The van der Waals surface area contributed by atoms with Gasteiger partial charge in [0.05, 0.1) is 12.0 Å². The van der Waals surface area contributed by atoms with Crippen LogP contribution in [0.3, 0.4) is 0 Å². The Morgan fingerprint density at radius 3 is 2.20 bits per heavy atom. The molecule has 0 spiro atoms. The molecule has 0 bridgehead atoms. The highest BCUT2D eigenvalue weighted by atomic mass is 32.1. The molecule has 10 nitrogen and oxygen atoms in total. The van der Waals surface area contributed by atoms with E-state index in [4.69, 9.17) is 20.7 Å². The van der Waals surface area contributed by atoms with Gasteiger partial charge in [0, 0.05) is 23.7 Å². The van der Waals surface area contributed by atoms with Crippen molar-refractivity contribution in [1.82, 2.24) is 4.90 Å². The SMILES string of the molecule is CCN1CCc2c(sc(NC(=O)Nc3ccc(CC(=O)O)cc3)c2C(N)=O)C1.O=C(O)C(F)(F)F. The van der Waals surface area contributed by atoms with E-state index in [-0.39, 0.29) is 6.42 Å². The quantitative estimate of drug-likeness (QED) is 0.394. The summed E-state index contributed by atoms with van der Waals surface area (Å²) in [5.41, 5.74) is 8.05. The Morgan fingerprint density at radius 1 is 1.11 bits per heavy atom. The Hall–Kier alpha value is -3.65. The van der Waals surface area contributed by atoms with Gasteiger partial charge in [-0.1, -0.05) is 19.1 Å². The van der Waals surface area contributed by atoms with Gasteiger partial charge in [0.2, 0.25) is 0 Å². The van der Waals surface area contributed by atoms with E-state index in [1.54, 1.807) is 24.3 Å². The first-order valence-electron chi connectivity index (χ1n) is 10.2. The van der Waals surface area contributed by atoms with Crippen LogP contribution in [0, 0.1) is 0 Å². The molecule has 0 aliphatic carbocycles. The fourth-order valence-electron chi connectivity index (χ4n) is 3.22. The van der Waals surface area contributed by atoms with Gasteiger partial charge in [0.1, 0.15) is 5.00 Å². The second kappa shape index (κ2) is 11.7. The molecule has 6 N–H and O–H groups in total. The predicted molar refractivity (Wildman–Crippen MR) is 122 cm³/mol. The van der Waals surface area contributed by atoms with Gasteiger partial charge in [0.25, 0.3) is 5.91 Å². The molecule has 0 atom stereocenters. The van der Waals surface area contributed by atoms with Crippen LogP contribution in [0.15, 0.2) is 24.3 Å². The number of amides is 3. The number of carbonyl (C=O) groups is 4. The number of fused-ring (bicyclic) bond motifs is 1. The number of nitrogens with one attached hydrogen (secondary N) is 2. The number of anilines is 2. The molecule has 1 aliphatic heterocycles. The summed E-state index contributed by atoms with van der Waals surface area (Å²) >= 11 is 1.38. The van der Waals surface area contributed by atoms with Crippen molar-refractivity contribution in [1.29, 1.82) is 0 Å². The summed E-state index contributed by atoms with van der Waals surface area (Å²) in [6, 6.07) is 6.06. The van der Waals surface area contributed by atoms with Crippen LogP contribution in [-0.4, -0.2) is 58.3 Å². The van der Waals surface area contributed by atoms with Crippen LogP contribution in [0.5, 0.6) is 0 Å². The smallest absolute Gasteiger partial charge is 0.481 e. The molecule has 0 radical (unpaired) electrons. The van der Waals surface area contributed by atoms with Crippen molar-refractivity contribution in [3.63, 3.8) is 0 Å². The van der Waals surface area contributed by atoms with Crippen LogP contribution in [0.4, 0.5) is 28.7 Å². The third-order valence-corrected chi connectivity index (χ3v) is 6.00. The van der Waals surface area contributed by atoms with Gasteiger partial charge in [-0.15, -0.1) is 11.3 Å². The van der Waals surface area contributed by atoms with Crippen LogP contribution in [0.1, 0.15) is 33.3 Å². The van der Waals surface area contributed by atoms with E-state index >= 15 is 0 Å². The summed E-state index contributed by atoms with van der Waals surface area (Å²) in [6.45, 7) is 4.60. The van der Waals surface area contributed by atoms with E-state index in [1.165, 1.54) is 11.3 Å². The number of likely N-dealkylation sites (N-methyl/N-ethyl adjacent to an activating group) is 1. The predicted octanol–water partition coefficient (Wildman–Crippen LogP) is 3.13. The molecule has 1 aliphatic rings. The maximum Gasteiger partial charge on any atom is 0.490 e. The monoisotopic (exact) mass is 516 g/mol. The number of carboxylic acid groups (broad SMARTS) is 2. The number of aliphatic carboxylic acids is 2. The normalized spacial score (nSPS) is 13.1. The zero-order chi connectivity index (χ0) is 26.3. The summed E-state index contributed by atoms with van der Waals surface area (Å²) in [4.78, 5) is 47.3. The number of benzene rings is 1. The number of thiophene rings is 1. The van der Waals surface area contributed by atoms with Gasteiger partial charge in [-0.3, -0.25) is 19.8 Å². The van der Waals surface area contributed by atoms with E-state index < -0.39 is 30.1 Å². The fourth-order valence-corrected chi connectivity index (χ4v) is 4.51. The first kappa shape index (κ1) is 27.6. The lowest BCUT2D eigenvalue weighted by atomic mass is 10.0. The number of rotatable bonds is 6. The molecule has 0 saturated heterocycles. The minimum Gasteiger partial charge on any atom is -0.481 e. The van der Waals surface area contributed by atoms with Gasteiger partial charge in [-0.2, -0.15) is 13.2 Å². The lowest BCUT2D eigenvalue weighted by molar-refractivity contribution is -0.192. The maximum absolute atomic E-state index is 12.4. The Kier molecular flexibility index (Phi) is 9.19. The van der Waals surface area contributed by atoms with Crippen molar-refractivity contribution in [3.8, 4) is 0 Å². The minimum absolute atomic E-state index is 0.0794. The van der Waals surface area contributed by atoms with Crippen molar-refractivity contribution in [2.75, 3.05) is 23.7 Å². The highest BCUT2D eigenvalue weighted by Crippen LogP contribution is 2.37. The molecule has 190 valence electrons. The highest BCUT2D eigenvalue weighted by molar-refractivity contribution is 7.17. The summed E-state index contributed by atoms with van der Waals surface area (Å²) in [5, 5.41) is 21.8. The van der Waals surface area contributed by atoms with Gasteiger partial charge < -0.3 is 21.3 Å². The first-order valence-corrected chi connectivity index (χ1v) is 11.0. The lowest BCUT2D eigenvalue weighted by Gasteiger charge is -2.25. The van der Waals surface area contributed by atoms with E-state index in [1.807, 2.05) is 0 Å². The Morgan fingerprint density at radius 2 is 1.71 bits per heavy atom. The van der Waals surface area contributed by atoms with Crippen LogP contribution >= 0.6 is 11.3 Å². The van der Waals surface area contributed by atoms with Gasteiger partial charge in [0.15, 0.2) is 0 Å². The number of carbonyl (C=O) groups excluding carboxylic acids is 2. The van der Waals surface area contributed by atoms with Crippen LogP contribution in [0.25, 0.3) is 0 Å². The number of alkyl halides is 3. The standard InChI is InChI=1S/C19H22N4O4S.C2HF3O2/c1-2-23-8-7-13-14(10-23)28-18(16(13)17(20)26)22-19(27)21-12-5-3-11(4-6-12)9-15(24)25;3-2(4,5)1(6)7/h3-6H,2,7-10H2,1H3,(H2,20,26)(H,24,25)(H2,21,22,27);(H,6,7).